The molecule has 0 bridgehead atoms. The topological polar surface area (TPSA) is 112 Å². The minimum Gasteiger partial charge on any atom is -0.464 e. The monoisotopic (exact) mass is 289 g/mol. The van der Waals surface area contributed by atoms with Crippen LogP contribution in [0.15, 0.2) is 24.3 Å². The van der Waals surface area contributed by atoms with Crippen LogP contribution in [-0.2, 0) is 0 Å². The number of carbonyl (C=O) groups excluding carboxylic acids is 1. The lowest BCUT2D eigenvalue weighted by Gasteiger charge is -2.07. The number of nitrogens with two attached hydrogens (primary N) is 1. The molecule has 0 radical (unpaired) electrons. The highest BCUT2D eigenvalue weighted by molar-refractivity contribution is 5.68. The van der Waals surface area contributed by atoms with E-state index in [0.29, 0.717) is 24.1 Å². The molecule has 0 aliphatic rings. The minimum atomic E-state index is -0.862. The number of ether oxygens (including phenoxy) is 2. The van der Waals surface area contributed by atoms with E-state index in [1.54, 1.807) is 31.3 Å². The molecule has 0 unspecified atom stereocenters. The Bertz CT molecular complexity index is 630. The van der Waals surface area contributed by atoms with Crippen LogP contribution >= 0.6 is 0 Å². The summed E-state index contributed by atoms with van der Waals surface area (Å²) >= 11 is 0. The van der Waals surface area contributed by atoms with Crippen LogP contribution in [-0.4, -0.2) is 34.7 Å². The van der Waals surface area contributed by atoms with Crippen molar-refractivity contribution in [1.82, 2.24) is 15.0 Å². The molecule has 0 saturated heterocycles. The average molecular weight is 289 g/mol. The average Bonchev–Trinajstić information content (AvgIpc) is 2.47. The van der Waals surface area contributed by atoms with Gasteiger partial charge < -0.3 is 20.5 Å². The Hall–Kier alpha value is -2.90. The van der Waals surface area contributed by atoms with Gasteiger partial charge in [0.15, 0.2) is 5.82 Å². The second-order valence-corrected chi connectivity index (χ2v) is 3.89. The smallest absolute Gasteiger partial charge is 0.409 e. The summed E-state index contributed by atoms with van der Waals surface area (Å²) in [4.78, 5) is 23.2. The summed E-state index contributed by atoms with van der Waals surface area (Å²) in [6.07, 6.45) is -0.862. The molecule has 3 N–H and O–H groups in total. The molecule has 2 rings (SSSR count). The zero-order chi connectivity index (χ0) is 15.2. The number of primary amides is 1. The zero-order valence-electron chi connectivity index (χ0n) is 11.7. The summed E-state index contributed by atoms with van der Waals surface area (Å²) in [5.74, 6) is 1.20. The number of anilines is 1. The fraction of sp³-hybridized carbons (Fsp3) is 0.231. The van der Waals surface area contributed by atoms with Crippen molar-refractivity contribution in [3.8, 4) is 23.1 Å². The van der Waals surface area contributed by atoms with Gasteiger partial charge in [0.05, 0.1) is 6.61 Å². The van der Waals surface area contributed by atoms with Crippen LogP contribution in [0.2, 0.25) is 0 Å². The predicted molar refractivity (Wildman–Crippen MR) is 76.2 cm³/mol. The highest BCUT2D eigenvalue weighted by Gasteiger charge is 2.09. The highest BCUT2D eigenvalue weighted by atomic mass is 16.5. The van der Waals surface area contributed by atoms with Gasteiger partial charge in [0.2, 0.25) is 5.95 Å². The fourth-order valence-corrected chi connectivity index (χ4v) is 1.58. The first-order valence-electron chi connectivity index (χ1n) is 6.26. The van der Waals surface area contributed by atoms with E-state index < -0.39 is 6.09 Å². The molecule has 0 aliphatic carbocycles. The maximum Gasteiger partial charge on any atom is 0.409 e. The molecule has 1 aromatic carbocycles. The van der Waals surface area contributed by atoms with Crippen molar-refractivity contribution in [3.63, 3.8) is 0 Å². The third-order valence-corrected chi connectivity index (χ3v) is 2.44. The van der Waals surface area contributed by atoms with Gasteiger partial charge in [-0.2, -0.15) is 15.0 Å². The third-order valence-electron chi connectivity index (χ3n) is 2.44. The van der Waals surface area contributed by atoms with E-state index in [-0.39, 0.29) is 6.01 Å². The lowest BCUT2D eigenvalue weighted by Crippen LogP contribution is -2.16. The summed E-state index contributed by atoms with van der Waals surface area (Å²) in [6, 6.07) is 6.86. The highest BCUT2D eigenvalue weighted by Crippen LogP contribution is 2.21. The normalized spacial score (nSPS) is 10.0. The van der Waals surface area contributed by atoms with E-state index in [9.17, 15) is 4.79 Å². The van der Waals surface area contributed by atoms with Crippen LogP contribution in [0.4, 0.5) is 10.7 Å². The summed E-state index contributed by atoms with van der Waals surface area (Å²) in [5, 5.41) is 2.85. The van der Waals surface area contributed by atoms with Crippen molar-refractivity contribution in [2.75, 3.05) is 19.0 Å². The number of nitrogens with zero attached hydrogens (tertiary/aromatic N) is 3. The molecule has 0 aliphatic heterocycles. The van der Waals surface area contributed by atoms with Crippen LogP contribution in [0.3, 0.4) is 0 Å². The molecule has 2 aromatic rings. The Kier molecular flexibility index (Phi) is 4.50. The molecule has 8 heteroatoms. The van der Waals surface area contributed by atoms with Gasteiger partial charge in [-0.1, -0.05) is 0 Å². The standard InChI is InChI=1S/C13H15N5O3/c1-3-20-13-17-10(16-12(15-2)18-13)8-4-6-9(7-5-8)21-11(14)19/h4-7H,3H2,1-2H3,(H2,14,19)(H,15,16,17,18). The first-order valence-corrected chi connectivity index (χ1v) is 6.26. The van der Waals surface area contributed by atoms with Crippen molar-refractivity contribution in [3.05, 3.63) is 24.3 Å². The summed E-state index contributed by atoms with van der Waals surface area (Å²) in [7, 11) is 1.71. The zero-order valence-corrected chi connectivity index (χ0v) is 11.7. The molecule has 1 aromatic heterocycles. The Balaban J connectivity index is 2.31. The van der Waals surface area contributed by atoms with Gasteiger partial charge in [-0.05, 0) is 31.2 Å². The van der Waals surface area contributed by atoms with Gasteiger partial charge >= 0.3 is 12.1 Å². The van der Waals surface area contributed by atoms with Gasteiger partial charge in [0.25, 0.3) is 0 Å². The SMILES string of the molecule is CCOc1nc(NC)nc(-c2ccc(OC(N)=O)cc2)n1. The summed E-state index contributed by atoms with van der Waals surface area (Å²) < 4.78 is 10.1. The van der Waals surface area contributed by atoms with Crippen molar-refractivity contribution in [1.29, 1.82) is 0 Å². The first-order chi connectivity index (χ1) is 10.1. The number of nitrogens with one attached hydrogen (secondary N) is 1. The number of benzene rings is 1. The molecule has 0 saturated carbocycles. The molecular formula is C13H15N5O3. The predicted octanol–water partition coefficient (Wildman–Crippen LogP) is 1.44. The maximum absolute atomic E-state index is 10.7. The molecule has 110 valence electrons. The van der Waals surface area contributed by atoms with E-state index in [4.69, 9.17) is 15.2 Å². The van der Waals surface area contributed by atoms with Crippen LogP contribution in [0.1, 0.15) is 6.92 Å². The molecule has 0 spiro atoms. The molecule has 21 heavy (non-hydrogen) atoms. The van der Waals surface area contributed by atoms with Crippen molar-refractivity contribution in [2.24, 2.45) is 5.73 Å². The molecular weight excluding hydrogens is 274 g/mol. The number of carbonyl (C=O) groups is 1. The summed E-state index contributed by atoms with van der Waals surface area (Å²) in [5.41, 5.74) is 5.67. The van der Waals surface area contributed by atoms with E-state index in [1.807, 2.05) is 6.92 Å². The van der Waals surface area contributed by atoms with E-state index in [2.05, 4.69) is 20.3 Å². The van der Waals surface area contributed by atoms with E-state index >= 15 is 0 Å². The lowest BCUT2D eigenvalue weighted by molar-refractivity contribution is 0.211. The van der Waals surface area contributed by atoms with Gasteiger partial charge in [0, 0.05) is 12.6 Å². The van der Waals surface area contributed by atoms with Crippen molar-refractivity contribution in [2.45, 2.75) is 6.92 Å². The second-order valence-electron chi connectivity index (χ2n) is 3.89. The van der Waals surface area contributed by atoms with Crippen LogP contribution in [0.25, 0.3) is 11.4 Å². The van der Waals surface area contributed by atoms with Crippen LogP contribution < -0.4 is 20.5 Å². The minimum absolute atomic E-state index is 0.240. The Morgan fingerprint density at radius 2 is 1.95 bits per heavy atom. The number of rotatable bonds is 5. The Labute approximate surface area is 121 Å². The van der Waals surface area contributed by atoms with E-state index in [1.165, 1.54) is 0 Å². The van der Waals surface area contributed by atoms with Crippen LogP contribution in [0.5, 0.6) is 11.8 Å². The molecule has 8 nitrogen and oxygen atoms in total. The number of hydrogen-bond acceptors (Lipinski definition) is 7. The van der Waals surface area contributed by atoms with Crippen molar-refractivity contribution >= 4 is 12.0 Å². The molecule has 0 fully saturated rings. The lowest BCUT2D eigenvalue weighted by atomic mass is 10.2. The third kappa shape index (κ3) is 3.78. The van der Waals surface area contributed by atoms with Gasteiger partial charge in [-0.3, -0.25) is 0 Å². The molecule has 1 heterocycles. The first kappa shape index (κ1) is 14.5. The van der Waals surface area contributed by atoms with Crippen molar-refractivity contribution < 1.29 is 14.3 Å². The number of amides is 1. The second kappa shape index (κ2) is 6.51. The fourth-order valence-electron chi connectivity index (χ4n) is 1.58. The largest absolute Gasteiger partial charge is 0.464 e. The van der Waals surface area contributed by atoms with Gasteiger partial charge in [-0.15, -0.1) is 0 Å². The Morgan fingerprint density at radius 3 is 2.52 bits per heavy atom. The van der Waals surface area contributed by atoms with Gasteiger partial charge in [0.1, 0.15) is 5.75 Å². The van der Waals surface area contributed by atoms with Crippen LogP contribution in [0, 0.1) is 0 Å². The molecule has 0 atom stereocenters. The van der Waals surface area contributed by atoms with Gasteiger partial charge in [-0.25, -0.2) is 4.79 Å². The quantitative estimate of drug-likeness (QED) is 0.856. The summed E-state index contributed by atoms with van der Waals surface area (Å²) in [6.45, 7) is 2.30. The van der Waals surface area contributed by atoms with E-state index in [0.717, 1.165) is 5.56 Å². The number of hydrogen-bond donors (Lipinski definition) is 2. The molecule has 1 amide bonds. The number of aromatic nitrogens is 3. The maximum atomic E-state index is 10.7. The Morgan fingerprint density at radius 1 is 1.24 bits per heavy atom.